The lowest BCUT2D eigenvalue weighted by Crippen LogP contribution is -2.43. The Kier molecular flexibility index (Phi) is 4.89. The predicted molar refractivity (Wildman–Crippen MR) is 117 cm³/mol. The molecular weight excluding hydrogens is 330 g/mol. The Bertz CT molecular complexity index is 899. The molecule has 0 N–H and O–H groups in total. The van der Waals surface area contributed by atoms with Crippen molar-refractivity contribution in [2.75, 3.05) is 0 Å². The number of rotatable bonds is 3. The van der Waals surface area contributed by atoms with E-state index in [1.807, 2.05) is 0 Å². The lowest BCUT2D eigenvalue weighted by atomic mass is 9.86. The van der Waals surface area contributed by atoms with Gasteiger partial charge in [0.25, 0.3) is 0 Å². The zero-order valence-corrected chi connectivity index (χ0v) is 17.8. The molecule has 0 bridgehead atoms. The molecule has 2 aromatic carbocycles. The van der Waals surface area contributed by atoms with Gasteiger partial charge in [-0.15, -0.1) is 0 Å². The summed E-state index contributed by atoms with van der Waals surface area (Å²) in [5.41, 5.74) is 6.28. The van der Waals surface area contributed by atoms with Crippen molar-refractivity contribution >= 4 is 13.3 Å². The molecule has 0 atom stereocenters. The first-order valence-corrected chi connectivity index (χ1v) is 12.8. The zero-order chi connectivity index (χ0) is 18.9. The number of pyridine rings is 1. The number of hydrogen-bond acceptors (Lipinski definition) is 1. The molecule has 0 saturated carbocycles. The third-order valence-electron chi connectivity index (χ3n) is 4.81. The molecule has 0 aliphatic carbocycles. The standard InChI is InChI=1S/C24H29NSi/c1-24(2,3)21-16-22(25-17-23(21)26(4,5)6)20-15-11-10-14-19(20)18-12-8-7-9-13-18/h7-17H,1-6H3. The van der Waals surface area contributed by atoms with Gasteiger partial charge in [0.2, 0.25) is 0 Å². The third kappa shape index (κ3) is 3.81. The Morgan fingerprint density at radius 3 is 1.92 bits per heavy atom. The highest BCUT2D eigenvalue weighted by Gasteiger charge is 2.27. The van der Waals surface area contributed by atoms with Gasteiger partial charge in [0.15, 0.2) is 0 Å². The van der Waals surface area contributed by atoms with Crippen LogP contribution < -0.4 is 5.19 Å². The molecule has 0 amide bonds. The van der Waals surface area contributed by atoms with E-state index in [1.165, 1.54) is 27.4 Å². The van der Waals surface area contributed by atoms with E-state index in [-0.39, 0.29) is 5.41 Å². The smallest absolute Gasteiger partial charge is 0.0800 e. The van der Waals surface area contributed by atoms with E-state index in [1.54, 1.807) is 0 Å². The maximum absolute atomic E-state index is 4.91. The van der Waals surface area contributed by atoms with Crippen LogP contribution in [0.1, 0.15) is 26.3 Å². The summed E-state index contributed by atoms with van der Waals surface area (Å²) in [6.45, 7) is 14.1. The van der Waals surface area contributed by atoms with Crippen LogP contribution in [0.3, 0.4) is 0 Å². The van der Waals surface area contributed by atoms with E-state index in [0.29, 0.717) is 0 Å². The highest BCUT2D eigenvalue weighted by molar-refractivity contribution is 6.89. The minimum absolute atomic E-state index is 0.106. The van der Waals surface area contributed by atoms with E-state index in [0.717, 1.165) is 5.69 Å². The van der Waals surface area contributed by atoms with Crippen molar-refractivity contribution in [3.8, 4) is 22.4 Å². The topological polar surface area (TPSA) is 12.9 Å². The summed E-state index contributed by atoms with van der Waals surface area (Å²) in [6, 6.07) is 21.5. The summed E-state index contributed by atoms with van der Waals surface area (Å²) < 4.78 is 0. The van der Waals surface area contributed by atoms with E-state index >= 15 is 0 Å². The zero-order valence-electron chi connectivity index (χ0n) is 16.8. The van der Waals surface area contributed by atoms with Crippen LogP contribution in [0.4, 0.5) is 0 Å². The fourth-order valence-corrected chi connectivity index (χ4v) is 5.10. The summed E-state index contributed by atoms with van der Waals surface area (Å²) in [4.78, 5) is 4.91. The minimum atomic E-state index is -1.45. The van der Waals surface area contributed by atoms with Crippen molar-refractivity contribution in [1.82, 2.24) is 4.98 Å². The second-order valence-corrected chi connectivity index (χ2v) is 14.1. The SMILES string of the molecule is CC(C)(C)c1cc(-c2ccccc2-c2ccccc2)ncc1[Si](C)(C)C. The second kappa shape index (κ2) is 6.84. The summed E-state index contributed by atoms with van der Waals surface area (Å²) in [6.07, 6.45) is 2.14. The van der Waals surface area contributed by atoms with Crippen molar-refractivity contribution in [2.24, 2.45) is 0 Å². The van der Waals surface area contributed by atoms with E-state index in [4.69, 9.17) is 4.98 Å². The molecule has 0 spiro atoms. The Hall–Kier alpha value is -2.19. The molecule has 3 rings (SSSR count). The lowest BCUT2D eigenvalue weighted by molar-refractivity contribution is 0.593. The van der Waals surface area contributed by atoms with Gasteiger partial charge < -0.3 is 0 Å². The summed E-state index contributed by atoms with van der Waals surface area (Å²) in [5.74, 6) is 0. The van der Waals surface area contributed by atoms with Crippen LogP contribution in [0, 0.1) is 0 Å². The highest BCUT2D eigenvalue weighted by Crippen LogP contribution is 2.33. The Morgan fingerprint density at radius 2 is 1.35 bits per heavy atom. The first-order valence-electron chi connectivity index (χ1n) is 9.34. The Labute approximate surface area is 159 Å². The van der Waals surface area contributed by atoms with Crippen LogP contribution in [-0.2, 0) is 5.41 Å². The van der Waals surface area contributed by atoms with Gasteiger partial charge >= 0.3 is 0 Å². The normalized spacial score (nSPS) is 12.2. The van der Waals surface area contributed by atoms with Crippen LogP contribution in [-0.4, -0.2) is 13.1 Å². The van der Waals surface area contributed by atoms with Gasteiger partial charge in [-0.25, -0.2) is 0 Å². The van der Waals surface area contributed by atoms with Crippen molar-refractivity contribution in [3.63, 3.8) is 0 Å². The van der Waals surface area contributed by atoms with Crippen molar-refractivity contribution < 1.29 is 0 Å². The van der Waals surface area contributed by atoms with E-state index in [2.05, 4.69) is 107 Å². The molecule has 3 aromatic rings. The average molecular weight is 360 g/mol. The number of hydrogen-bond donors (Lipinski definition) is 0. The monoisotopic (exact) mass is 359 g/mol. The molecule has 1 nitrogen and oxygen atoms in total. The maximum atomic E-state index is 4.91. The van der Waals surface area contributed by atoms with Crippen LogP contribution in [0.25, 0.3) is 22.4 Å². The van der Waals surface area contributed by atoms with Gasteiger partial charge in [-0.1, -0.05) is 95.0 Å². The van der Waals surface area contributed by atoms with Gasteiger partial charge in [0, 0.05) is 11.8 Å². The van der Waals surface area contributed by atoms with E-state index < -0.39 is 8.07 Å². The van der Waals surface area contributed by atoms with Crippen molar-refractivity contribution in [2.45, 2.75) is 45.8 Å². The highest BCUT2D eigenvalue weighted by atomic mass is 28.3. The van der Waals surface area contributed by atoms with Gasteiger partial charge in [0.1, 0.15) is 0 Å². The molecule has 0 aliphatic heterocycles. The fourth-order valence-electron chi connectivity index (χ4n) is 3.40. The predicted octanol–water partition coefficient (Wildman–Crippen LogP) is 6.26. The molecule has 0 aliphatic rings. The number of nitrogens with zero attached hydrogens (tertiary/aromatic N) is 1. The Morgan fingerprint density at radius 1 is 0.769 bits per heavy atom. The molecule has 26 heavy (non-hydrogen) atoms. The van der Waals surface area contributed by atoms with Gasteiger partial charge in [-0.2, -0.15) is 0 Å². The van der Waals surface area contributed by atoms with Gasteiger partial charge in [-0.3, -0.25) is 4.98 Å². The van der Waals surface area contributed by atoms with Gasteiger partial charge in [0.05, 0.1) is 13.8 Å². The largest absolute Gasteiger partial charge is 0.256 e. The van der Waals surface area contributed by atoms with Crippen LogP contribution in [0.2, 0.25) is 19.6 Å². The molecule has 0 radical (unpaired) electrons. The van der Waals surface area contributed by atoms with Crippen LogP contribution in [0.5, 0.6) is 0 Å². The maximum Gasteiger partial charge on any atom is 0.0800 e. The summed E-state index contributed by atoms with van der Waals surface area (Å²) in [5, 5.41) is 1.46. The molecule has 2 heteroatoms. The molecule has 0 fully saturated rings. The number of aromatic nitrogens is 1. The van der Waals surface area contributed by atoms with Crippen molar-refractivity contribution in [1.29, 1.82) is 0 Å². The second-order valence-electron chi connectivity index (χ2n) is 9.03. The average Bonchev–Trinajstić information content (AvgIpc) is 2.60. The van der Waals surface area contributed by atoms with Crippen molar-refractivity contribution in [3.05, 3.63) is 72.4 Å². The van der Waals surface area contributed by atoms with Gasteiger partial charge in [-0.05, 0) is 33.4 Å². The Balaban J connectivity index is 2.21. The first kappa shape index (κ1) is 18.6. The molecule has 0 saturated heterocycles. The van der Waals surface area contributed by atoms with Crippen LogP contribution in [0.15, 0.2) is 66.9 Å². The first-order chi connectivity index (χ1) is 12.2. The summed E-state index contributed by atoms with van der Waals surface area (Å²) >= 11 is 0. The molecule has 1 aromatic heterocycles. The molecule has 134 valence electrons. The minimum Gasteiger partial charge on any atom is -0.256 e. The summed E-state index contributed by atoms with van der Waals surface area (Å²) in [7, 11) is -1.45. The molecule has 1 heterocycles. The van der Waals surface area contributed by atoms with Crippen LogP contribution >= 0.6 is 0 Å². The van der Waals surface area contributed by atoms with E-state index in [9.17, 15) is 0 Å². The quantitative estimate of drug-likeness (QED) is 0.503. The third-order valence-corrected chi connectivity index (χ3v) is 6.82. The lowest BCUT2D eigenvalue weighted by Gasteiger charge is -2.29. The fraction of sp³-hybridized carbons (Fsp3) is 0.292. The molecular formula is C24H29NSi. The number of benzene rings is 2. The molecule has 0 unspecified atom stereocenters.